The number of anilines is 1. The highest BCUT2D eigenvalue weighted by Crippen LogP contribution is 2.23. The maximum Gasteiger partial charge on any atom is 0.196 e. The van der Waals surface area contributed by atoms with Gasteiger partial charge in [-0.15, -0.1) is 0 Å². The largest absolute Gasteiger partial charge is 0.508 e. The third kappa shape index (κ3) is 2.78. The fraction of sp³-hybridized carbons (Fsp3) is 0.267. The van der Waals surface area contributed by atoms with E-state index in [4.69, 9.17) is 4.42 Å². The number of phenolic OH excluding ortho intramolecular Hbond substituents is 1. The Labute approximate surface area is 112 Å². The summed E-state index contributed by atoms with van der Waals surface area (Å²) in [6.07, 6.45) is 4.13. The quantitative estimate of drug-likeness (QED) is 0.857. The Morgan fingerprint density at radius 2 is 2.00 bits per heavy atom. The molecular formula is C15H16N2O2. The van der Waals surface area contributed by atoms with Crippen molar-refractivity contribution in [1.82, 2.24) is 0 Å². The highest BCUT2D eigenvalue weighted by molar-refractivity contribution is 5.79. The van der Waals surface area contributed by atoms with Crippen LogP contribution in [-0.2, 0) is 0 Å². The van der Waals surface area contributed by atoms with Gasteiger partial charge in [0.1, 0.15) is 11.5 Å². The van der Waals surface area contributed by atoms with Crippen LogP contribution in [0.2, 0.25) is 0 Å². The van der Waals surface area contributed by atoms with Gasteiger partial charge >= 0.3 is 0 Å². The first-order chi connectivity index (χ1) is 9.31. The van der Waals surface area contributed by atoms with Crippen molar-refractivity contribution >= 4 is 17.8 Å². The Hall–Kier alpha value is -2.23. The number of aromatic hydroxyl groups is 1. The van der Waals surface area contributed by atoms with Gasteiger partial charge in [-0.2, -0.15) is 0 Å². The smallest absolute Gasteiger partial charge is 0.196 e. The first-order valence-electron chi connectivity index (χ1n) is 6.49. The van der Waals surface area contributed by atoms with Gasteiger partial charge in [-0.25, -0.2) is 0 Å². The average molecular weight is 256 g/mol. The summed E-state index contributed by atoms with van der Waals surface area (Å²) in [5.74, 6) is 1.85. The first kappa shape index (κ1) is 11.8. The summed E-state index contributed by atoms with van der Waals surface area (Å²) in [6, 6.07) is 10.7. The van der Waals surface area contributed by atoms with Crippen LogP contribution in [0.25, 0.3) is 0 Å². The molecule has 1 aliphatic heterocycles. The van der Waals surface area contributed by atoms with Crippen LogP contribution in [0.4, 0.5) is 11.6 Å². The van der Waals surface area contributed by atoms with Gasteiger partial charge in [-0.3, -0.25) is 4.99 Å². The van der Waals surface area contributed by atoms with Gasteiger partial charge in [-0.05, 0) is 31.0 Å². The second-order valence-corrected chi connectivity index (χ2v) is 4.65. The second-order valence-electron chi connectivity index (χ2n) is 4.65. The maximum absolute atomic E-state index is 9.35. The van der Waals surface area contributed by atoms with Crippen molar-refractivity contribution in [1.29, 1.82) is 0 Å². The molecule has 0 atom stereocenters. The van der Waals surface area contributed by atoms with Crippen LogP contribution in [0.5, 0.6) is 5.75 Å². The van der Waals surface area contributed by atoms with E-state index >= 15 is 0 Å². The van der Waals surface area contributed by atoms with E-state index < -0.39 is 0 Å². The van der Waals surface area contributed by atoms with E-state index in [1.807, 2.05) is 18.2 Å². The van der Waals surface area contributed by atoms with Gasteiger partial charge in [-0.1, -0.05) is 6.07 Å². The average Bonchev–Trinajstić information content (AvgIpc) is 3.07. The lowest BCUT2D eigenvalue weighted by Crippen LogP contribution is -2.16. The summed E-state index contributed by atoms with van der Waals surface area (Å²) < 4.78 is 5.73. The SMILES string of the molecule is Oc1cccc(N=Cc2ccc(N3CCCC3)o2)c1. The minimum Gasteiger partial charge on any atom is -0.508 e. The summed E-state index contributed by atoms with van der Waals surface area (Å²) >= 11 is 0. The molecular weight excluding hydrogens is 240 g/mol. The Balaban J connectivity index is 1.73. The maximum atomic E-state index is 9.35. The fourth-order valence-corrected chi connectivity index (χ4v) is 2.23. The molecule has 0 aliphatic carbocycles. The summed E-state index contributed by atoms with van der Waals surface area (Å²) in [6.45, 7) is 2.13. The monoisotopic (exact) mass is 256 g/mol. The minimum absolute atomic E-state index is 0.215. The molecule has 4 nitrogen and oxygen atoms in total. The highest BCUT2D eigenvalue weighted by Gasteiger charge is 2.14. The van der Waals surface area contributed by atoms with Crippen molar-refractivity contribution < 1.29 is 9.52 Å². The molecule has 2 heterocycles. The molecule has 4 heteroatoms. The van der Waals surface area contributed by atoms with Crippen molar-refractivity contribution in [2.75, 3.05) is 18.0 Å². The lowest BCUT2D eigenvalue weighted by Gasteiger charge is -2.12. The zero-order valence-corrected chi connectivity index (χ0v) is 10.6. The van der Waals surface area contributed by atoms with Crippen molar-refractivity contribution in [2.24, 2.45) is 4.99 Å². The highest BCUT2D eigenvalue weighted by atomic mass is 16.4. The van der Waals surface area contributed by atoms with Crippen molar-refractivity contribution in [2.45, 2.75) is 12.8 Å². The topological polar surface area (TPSA) is 49.0 Å². The molecule has 19 heavy (non-hydrogen) atoms. The number of benzene rings is 1. The van der Waals surface area contributed by atoms with Crippen LogP contribution in [-0.4, -0.2) is 24.4 Å². The van der Waals surface area contributed by atoms with Gasteiger partial charge in [0.25, 0.3) is 0 Å². The minimum atomic E-state index is 0.215. The molecule has 1 aromatic heterocycles. The lowest BCUT2D eigenvalue weighted by molar-refractivity contribution is 0.475. The van der Waals surface area contributed by atoms with Gasteiger partial charge in [0.15, 0.2) is 5.88 Å². The molecule has 2 aromatic rings. The Morgan fingerprint density at radius 1 is 1.16 bits per heavy atom. The third-order valence-electron chi connectivity index (χ3n) is 3.20. The normalized spacial score (nSPS) is 15.5. The van der Waals surface area contributed by atoms with Gasteiger partial charge < -0.3 is 14.4 Å². The standard InChI is InChI=1S/C15H16N2O2/c18-13-5-3-4-12(10-13)16-11-14-6-7-15(19-14)17-8-1-2-9-17/h3-7,10-11,18H,1-2,8-9H2. The van der Waals surface area contributed by atoms with E-state index in [0.29, 0.717) is 5.69 Å². The summed E-state index contributed by atoms with van der Waals surface area (Å²) in [7, 11) is 0. The van der Waals surface area contributed by atoms with Crippen molar-refractivity contribution in [3.05, 3.63) is 42.2 Å². The predicted octanol–water partition coefficient (Wildman–Crippen LogP) is 3.34. The number of furan rings is 1. The van der Waals surface area contributed by atoms with Crippen LogP contribution in [0.1, 0.15) is 18.6 Å². The Kier molecular flexibility index (Phi) is 3.23. The van der Waals surface area contributed by atoms with E-state index in [9.17, 15) is 5.11 Å². The number of hydrogen-bond acceptors (Lipinski definition) is 4. The molecule has 0 spiro atoms. The van der Waals surface area contributed by atoms with Crippen molar-refractivity contribution in [3.63, 3.8) is 0 Å². The molecule has 1 aromatic carbocycles. The van der Waals surface area contributed by atoms with Gasteiger partial charge in [0, 0.05) is 25.2 Å². The summed E-state index contributed by atoms with van der Waals surface area (Å²) in [4.78, 5) is 6.52. The number of hydrogen-bond donors (Lipinski definition) is 1. The van der Waals surface area contributed by atoms with Crippen LogP contribution in [0.15, 0.2) is 45.8 Å². The molecule has 0 unspecified atom stereocenters. The fourth-order valence-electron chi connectivity index (χ4n) is 2.23. The Morgan fingerprint density at radius 3 is 2.79 bits per heavy atom. The number of phenols is 1. The zero-order valence-electron chi connectivity index (χ0n) is 10.6. The zero-order chi connectivity index (χ0) is 13.1. The van der Waals surface area contributed by atoms with E-state index in [1.165, 1.54) is 12.8 Å². The van der Waals surface area contributed by atoms with Crippen LogP contribution < -0.4 is 4.90 Å². The molecule has 1 saturated heterocycles. The van der Waals surface area contributed by atoms with Crippen molar-refractivity contribution in [3.8, 4) is 5.75 Å². The number of aliphatic imine (C=N–C) groups is 1. The lowest BCUT2D eigenvalue weighted by atomic mass is 10.3. The van der Waals surface area contributed by atoms with E-state index in [-0.39, 0.29) is 5.75 Å². The molecule has 0 bridgehead atoms. The molecule has 1 N–H and O–H groups in total. The molecule has 0 amide bonds. The third-order valence-corrected chi connectivity index (χ3v) is 3.20. The molecule has 0 saturated carbocycles. The van der Waals surface area contributed by atoms with E-state index in [1.54, 1.807) is 24.4 Å². The van der Waals surface area contributed by atoms with Crippen LogP contribution in [0, 0.1) is 0 Å². The van der Waals surface area contributed by atoms with E-state index in [2.05, 4.69) is 9.89 Å². The molecule has 1 aliphatic rings. The van der Waals surface area contributed by atoms with Crippen LogP contribution >= 0.6 is 0 Å². The first-order valence-corrected chi connectivity index (χ1v) is 6.49. The van der Waals surface area contributed by atoms with Gasteiger partial charge in [0.2, 0.25) is 0 Å². The van der Waals surface area contributed by atoms with E-state index in [0.717, 1.165) is 24.7 Å². The predicted molar refractivity (Wildman–Crippen MR) is 75.5 cm³/mol. The number of nitrogens with zero attached hydrogens (tertiary/aromatic N) is 2. The Bertz CT molecular complexity index is 583. The van der Waals surface area contributed by atoms with Gasteiger partial charge in [0.05, 0.1) is 11.9 Å². The molecule has 1 fully saturated rings. The summed E-state index contributed by atoms with van der Waals surface area (Å²) in [5, 5.41) is 9.35. The molecule has 0 radical (unpaired) electrons. The molecule has 3 rings (SSSR count). The summed E-state index contributed by atoms with van der Waals surface area (Å²) in [5.41, 5.74) is 0.708. The second kappa shape index (κ2) is 5.18. The van der Waals surface area contributed by atoms with Crippen LogP contribution in [0.3, 0.4) is 0 Å². The number of rotatable bonds is 3. The molecule has 98 valence electrons.